The standard InChI is InChI=1S/C17H19F3N6O3S/c1-28-16-24-13(23-14(25-16)26-6-8-29-9-7-26)10-21-15(27)22-11-2-4-12(5-3-11)30-17(18,19)20/h2-5H,6-10H2,1H3,(H2,21,22,27). The van der Waals surface area contributed by atoms with Crippen LogP contribution in [0.15, 0.2) is 29.2 Å². The van der Waals surface area contributed by atoms with Crippen molar-refractivity contribution in [3.8, 4) is 6.01 Å². The predicted octanol–water partition coefficient (Wildman–Crippen LogP) is 2.65. The summed E-state index contributed by atoms with van der Waals surface area (Å²) in [5, 5.41) is 5.13. The molecule has 2 N–H and O–H groups in total. The number of methoxy groups -OCH3 is 1. The van der Waals surface area contributed by atoms with E-state index in [1.54, 1.807) is 0 Å². The number of hydrogen-bond acceptors (Lipinski definition) is 8. The fraction of sp³-hybridized carbons (Fsp3) is 0.412. The van der Waals surface area contributed by atoms with Gasteiger partial charge < -0.3 is 25.0 Å². The van der Waals surface area contributed by atoms with Crippen LogP contribution in [0.5, 0.6) is 6.01 Å². The molecule has 1 aliphatic heterocycles. The number of halogens is 3. The van der Waals surface area contributed by atoms with Gasteiger partial charge in [-0.2, -0.15) is 28.1 Å². The van der Waals surface area contributed by atoms with Gasteiger partial charge in [0.1, 0.15) is 0 Å². The Kier molecular flexibility index (Phi) is 7.15. The monoisotopic (exact) mass is 444 g/mol. The second-order valence-electron chi connectivity index (χ2n) is 6.02. The number of hydrogen-bond donors (Lipinski definition) is 2. The Labute approximate surface area is 174 Å². The van der Waals surface area contributed by atoms with Gasteiger partial charge in [0, 0.05) is 23.7 Å². The lowest BCUT2D eigenvalue weighted by atomic mass is 10.3. The Balaban J connectivity index is 1.57. The first-order valence-corrected chi connectivity index (χ1v) is 9.66. The number of aromatic nitrogens is 3. The number of urea groups is 1. The predicted molar refractivity (Wildman–Crippen MR) is 104 cm³/mol. The fourth-order valence-corrected chi connectivity index (χ4v) is 3.08. The summed E-state index contributed by atoms with van der Waals surface area (Å²) in [6.45, 7) is 2.38. The van der Waals surface area contributed by atoms with Crippen LogP contribution in [0.4, 0.5) is 29.6 Å². The van der Waals surface area contributed by atoms with Gasteiger partial charge in [0.25, 0.3) is 0 Å². The molecule has 0 saturated carbocycles. The lowest BCUT2D eigenvalue weighted by Crippen LogP contribution is -2.38. The molecule has 13 heteroatoms. The van der Waals surface area contributed by atoms with Gasteiger partial charge in [-0.05, 0) is 36.0 Å². The Morgan fingerprint density at radius 1 is 1.20 bits per heavy atom. The second-order valence-corrected chi connectivity index (χ2v) is 7.16. The molecular weight excluding hydrogens is 425 g/mol. The maximum Gasteiger partial charge on any atom is 0.446 e. The van der Waals surface area contributed by atoms with E-state index in [1.165, 1.54) is 31.4 Å². The third-order valence-electron chi connectivity index (χ3n) is 3.88. The molecule has 30 heavy (non-hydrogen) atoms. The van der Waals surface area contributed by atoms with Crippen molar-refractivity contribution in [1.29, 1.82) is 0 Å². The average molecular weight is 444 g/mol. The molecule has 1 fully saturated rings. The SMILES string of the molecule is COc1nc(CNC(=O)Nc2ccc(SC(F)(F)F)cc2)nc(N2CCOCC2)n1. The molecule has 2 amide bonds. The highest BCUT2D eigenvalue weighted by atomic mass is 32.2. The molecule has 2 heterocycles. The van der Waals surface area contributed by atoms with Crippen LogP contribution in [-0.4, -0.2) is 59.9 Å². The van der Waals surface area contributed by atoms with Gasteiger partial charge in [-0.25, -0.2) is 4.79 Å². The summed E-state index contributed by atoms with van der Waals surface area (Å²) < 4.78 is 47.5. The van der Waals surface area contributed by atoms with E-state index in [4.69, 9.17) is 9.47 Å². The van der Waals surface area contributed by atoms with Crippen LogP contribution in [-0.2, 0) is 11.3 Å². The van der Waals surface area contributed by atoms with Crippen molar-refractivity contribution in [1.82, 2.24) is 20.3 Å². The van der Waals surface area contributed by atoms with E-state index < -0.39 is 11.5 Å². The van der Waals surface area contributed by atoms with Crippen LogP contribution in [0.25, 0.3) is 0 Å². The van der Waals surface area contributed by atoms with Crippen LogP contribution in [0.1, 0.15) is 5.82 Å². The van der Waals surface area contributed by atoms with Crippen molar-refractivity contribution < 1.29 is 27.4 Å². The minimum absolute atomic E-state index is 0.00403. The highest BCUT2D eigenvalue weighted by molar-refractivity contribution is 8.00. The molecule has 0 unspecified atom stereocenters. The number of ether oxygens (including phenoxy) is 2. The van der Waals surface area contributed by atoms with Crippen LogP contribution in [0.3, 0.4) is 0 Å². The van der Waals surface area contributed by atoms with Crippen molar-refractivity contribution in [2.45, 2.75) is 16.9 Å². The summed E-state index contributed by atoms with van der Waals surface area (Å²) in [6.07, 6.45) is 0. The summed E-state index contributed by atoms with van der Waals surface area (Å²) in [5.74, 6) is 0.732. The van der Waals surface area contributed by atoms with Crippen LogP contribution >= 0.6 is 11.8 Å². The maximum absolute atomic E-state index is 12.4. The largest absolute Gasteiger partial charge is 0.467 e. The molecule has 0 atom stereocenters. The number of nitrogens with zero attached hydrogens (tertiary/aromatic N) is 4. The van der Waals surface area contributed by atoms with E-state index in [2.05, 4.69) is 25.6 Å². The molecule has 9 nitrogen and oxygen atoms in total. The van der Waals surface area contributed by atoms with Gasteiger partial charge in [-0.3, -0.25) is 0 Å². The van der Waals surface area contributed by atoms with E-state index in [0.717, 1.165) is 0 Å². The number of morpholine rings is 1. The third-order valence-corrected chi connectivity index (χ3v) is 4.62. The average Bonchev–Trinajstić information content (AvgIpc) is 2.73. The lowest BCUT2D eigenvalue weighted by molar-refractivity contribution is -0.0328. The van der Waals surface area contributed by atoms with Crippen molar-refractivity contribution in [3.05, 3.63) is 30.1 Å². The summed E-state index contributed by atoms with van der Waals surface area (Å²) >= 11 is -0.222. The number of carbonyl (C=O) groups excluding carboxylic acids is 1. The molecular formula is C17H19F3N6O3S. The van der Waals surface area contributed by atoms with Crippen molar-refractivity contribution in [2.24, 2.45) is 0 Å². The summed E-state index contributed by atoms with van der Waals surface area (Å²) in [6, 6.07) is 4.89. The summed E-state index contributed by atoms with van der Waals surface area (Å²) in [5.41, 5.74) is -4.01. The van der Waals surface area contributed by atoms with Gasteiger partial charge in [-0.15, -0.1) is 0 Å². The number of amides is 2. The Hall–Kier alpha value is -2.80. The molecule has 162 valence electrons. The number of anilines is 2. The van der Waals surface area contributed by atoms with Crippen LogP contribution < -0.4 is 20.3 Å². The number of carbonyl (C=O) groups is 1. The normalized spacial score (nSPS) is 14.3. The first kappa shape index (κ1) is 21.9. The quantitative estimate of drug-likeness (QED) is 0.656. The van der Waals surface area contributed by atoms with E-state index in [0.29, 0.717) is 43.8 Å². The molecule has 3 rings (SSSR count). The molecule has 1 aliphatic rings. The topological polar surface area (TPSA) is 102 Å². The summed E-state index contributed by atoms with van der Waals surface area (Å²) in [4.78, 5) is 26.7. The summed E-state index contributed by atoms with van der Waals surface area (Å²) in [7, 11) is 1.43. The third kappa shape index (κ3) is 6.62. The van der Waals surface area contributed by atoms with Crippen molar-refractivity contribution >= 4 is 29.4 Å². The molecule has 1 saturated heterocycles. The molecule has 2 aromatic rings. The zero-order valence-corrected chi connectivity index (χ0v) is 16.7. The Morgan fingerprint density at radius 3 is 2.53 bits per heavy atom. The number of alkyl halides is 3. The van der Waals surface area contributed by atoms with Gasteiger partial charge in [-0.1, -0.05) is 0 Å². The minimum atomic E-state index is -4.36. The minimum Gasteiger partial charge on any atom is -0.467 e. The number of benzene rings is 1. The van der Waals surface area contributed by atoms with E-state index in [1.807, 2.05) is 4.90 Å². The number of thioether (sulfide) groups is 1. The molecule has 1 aromatic heterocycles. The molecule has 0 radical (unpaired) electrons. The smallest absolute Gasteiger partial charge is 0.446 e. The molecule has 0 bridgehead atoms. The highest BCUT2D eigenvalue weighted by Gasteiger charge is 2.29. The lowest BCUT2D eigenvalue weighted by Gasteiger charge is -2.26. The Morgan fingerprint density at radius 2 is 1.90 bits per heavy atom. The van der Waals surface area contributed by atoms with E-state index >= 15 is 0 Å². The fourth-order valence-electron chi connectivity index (χ4n) is 2.54. The zero-order valence-electron chi connectivity index (χ0n) is 15.9. The van der Waals surface area contributed by atoms with Crippen LogP contribution in [0, 0.1) is 0 Å². The molecule has 0 aliphatic carbocycles. The van der Waals surface area contributed by atoms with Gasteiger partial charge in [0.15, 0.2) is 5.82 Å². The van der Waals surface area contributed by atoms with Gasteiger partial charge >= 0.3 is 17.5 Å². The maximum atomic E-state index is 12.4. The van der Waals surface area contributed by atoms with Crippen LogP contribution in [0.2, 0.25) is 0 Å². The zero-order chi connectivity index (χ0) is 21.6. The number of rotatable bonds is 6. The Bertz CT molecular complexity index is 863. The first-order chi connectivity index (χ1) is 14.3. The van der Waals surface area contributed by atoms with Gasteiger partial charge in [0.05, 0.1) is 26.9 Å². The number of nitrogens with one attached hydrogen (secondary N) is 2. The van der Waals surface area contributed by atoms with E-state index in [9.17, 15) is 18.0 Å². The van der Waals surface area contributed by atoms with Gasteiger partial charge in [0.2, 0.25) is 5.95 Å². The molecule has 0 spiro atoms. The molecule has 1 aromatic carbocycles. The van der Waals surface area contributed by atoms with Crippen molar-refractivity contribution in [2.75, 3.05) is 43.6 Å². The van der Waals surface area contributed by atoms with Crippen molar-refractivity contribution in [3.63, 3.8) is 0 Å². The highest BCUT2D eigenvalue weighted by Crippen LogP contribution is 2.37. The second kappa shape index (κ2) is 9.80. The van der Waals surface area contributed by atoms with E-state index in [-0.39, 0.29) is 29.2 Å². The first-order valence-electron chi connectivity index (χ1n) is 8.85.